The van der Waals surface area contributed by atoms with Crippen molar-refractivity contribution in [3.63, 3.8) is 0 Å². The van der Waals surface area contributed by atoms with Gasteiger partial charge in [-0.3, -0.25) is 4.79 Å². The number of hydrogen-bond acceptors (Lipinski definition) is 3. The zero-order chi connectivity index (χ0) is 21.7. The van der Waals surface area contributed by atoms with Gasteiger partial charge in [-0.05, 0) is 75.1 Å². The molecule has 1 aliphatic rings. The van der Waals surface area contributed by atoms with Gasteiger partial charge in [-0.2, -0.15) is 13.2 Å². The van der Waals surface area contributed by atoms with E-state index in [2.05, 4.69) is 5.32 Å². The second kappa shape index (κ2) is 9.41. The lowest BCUT2D eigenvalue weighted by Gasteiger charge is -2.31. The fourth-order valence-corrected chi connectivity index (χ4v) is 3.42. The first-order chi connectivity index (χ1) is 14.3. The molecule has 1 amide bonds. The number of nitrogens with zero attached hydrogens (tertiary/aromatic N) is 1. The van der Waals surface area contributed by atoms with Crippen molar-refractivity contribution in [1.82, 2.24) is 0 Å². The summed E-state index contributed by atoms with van der Waals surface area (Å²) in [5, 5.41) is 2.69. The SMILES string of the molecule is CC[C@@H](C)Oc1ccc(C(=O)Nc2cc(C(F)(F)F)ccc2N2CCCCC2)cc1. The first-order valence-electron chi connectivity index (χ1n) is 10.3. The average Bonchev–Trinajstić information content (AvgIpc) is 2.74. The Morgan fingerprint density at radius 1 is 1.10 bits per heavy atom. The van der Waals surface area contributed by atoms with E-state index in [1.807, 2.05) is 18.7 Å². The minimum absolute atomic E-state index is 0.0573. The third-order valence-electron chi connectivity index (χ3n) is 5.30. The van der Waals surface area contributed by atoms with Gasteiger partial charge in [0.1, 0.15) is 5.75 Å². The van der Waals surface area contributed by atoms with Gasteiger partial charge in [-0.1, -0.05) is 6.92 Å². The number of amides is 1. The first-order valence-corrected chi connectivity index (χ1v) is 10.3. The standard InChI is InChI=1S/C23H27F3N2O2/c1-3-16(2)30-19-10-7-17(8-11-19)22(29)27-20-15-18(23(24,25)26)9-12-21(20)28-13-5-4-6-14-28/h7-12,15-16H,3-6,13-14H2,1-2H3,(H,27,29)/t16-/m1/s1. The maximum absolute atomic E-state index is 13.2. The number of hydrogen-bond donors (Lipinski definition) is 1. The number of rotatable bonds is 6. The lowest BCUT2D eigenvalue weighted by molar-refractivity contribution is -0.137. The Kier molecular flexibility index (Phi) is 6.90. The summed E-state index contributed by atoms with van der Waals surface area (Å²) in [6.07, 6.45) is -0.504. The van der Waals surface area contributed by atoms with Crippen LogP contribution in [0.15, 0.2) is 42.5 Å². The normalized spacial score (nSPS) is 15.6. The zero-order valence-corrected chi connectivity index (χ0v) is 17.3. The zero-order valence-electron chi connectivity index (χ0n) is 17.3. The third-order valence-corrected chi connectivity index (χ3v) is 5.30. The Balaban J connectivity index is 1.83. The Morgan fingerprint density at radius 2 is 1.77 bits per heavy atom. The molecular formula is C23H27F3N2O2. The molecule has 2 aromatic carbocycles. The van der Waals surface area contributed by atoms with Crippen molar-refractivity contribution in [2.24, 2.45) is 0 Å². The van der Waals surface area contributed by atoms with E-state index in [0.29, 0.717) is 17.0 Å². The second-order valence-corrected chi connectivity index (χ2v) is 7.59. The molecule has 1 saturated heterocycles. The van der Waals surface area contributed by atoms with Crippen LogP contribution in [0.25, 0.3) is 0 Å². The van der Waals surface area contributed by atoms with E-state index in [4.69, 9.17) is 4.74 Å². The number of nitrogens with one attached hydrogen (secondary N) is 1. The van der Waals surface area contributed by atoms with Crippen LogP contribution in [0.1, 0.15) is 55.5 Å². The second-order valence-electron chi connectivity index (χ2n) is 7.59. The molecule has 0 aliphatic carbocycles. The van der Waals surface area contributed by atoms with Gasteiger partial charge in [0.25, 0.3) is 5.91 Å². The van der Waals surface area contributed by atoms with E-state index in [1.165, 1.54) is 6.07 Å². The molecule has 7 heteroatoms. The summed E-state index contributed by atoms with van der Waals surface area (Å²) in [4.78, 5) is 14.8. The predicted octanol–water partition coefficient (Wildman–Crippen LogP) is 6.13. The number of carbonyl (C=O) groups excluding carboxylic acids is 1. The third kappa shape index (κ3) is 5.46. The molecule has 1 fully saturated rings. The van der Waals surface area contributed by atoms with Crippen LogP contribution in [0.2, 0.25) is 0 Å². The summed E-state index contributed by atoms with van der Waals surface area (Å²) >= 11 is 0. The molecule has 0 aromatic heterocycles. The molecule has 1 heterocycles. The van der Waals surface area contributed by atoms with Gasteiger partial charge in [0.05, 0.1) is 23.0 Å². The number of carbonyl (C=O) groups is 1. The molecule has 3 rings (SSSR count). The van der Waals surface area contributed by atoms with Gasteiger partial charge in [-0.15, -0.1) is 0 Å². The highest BCUT2D eigenvalue weighted by Crippen LogP contribution is 2.36. The molecule has 0 unspecified atom stereocenters. The van der Waals surface area contributed by atoms with Gasteiger partial charge in [0, 0.05) is 18.7 Å². The smallest absolute Gasteiger partial charge is 0.416 e. The number of anilines is 2. The minimum Gasteiger partial charge on any atom is -0.491 e. The van der Waals surface area contributed by atoms with Crippen molar-refractivity contribution in [3.8, 4) is 5.75 Å². The molecule has 1 N–H and O–H groups in total. The van der Waals surface area contributed by atoms with Gasteiger partial charge < -0.3 is 15.0 Å². The largest absolute Gasteiger partial charge is 0.491 e. The Bertz CT molecular complexity index is 860. The summed E-state index contributed by atoms with van der Waals surface area (Å²) in [6.45, 7) is 5.49. The van der Waals surface area contributed by atoms with Gasteiger partial charge in [0.2, 0.25) is 0 Å². The van der Waals surface area contributed by atoms with Crippen molar-refractivity contribution >= 4 is 17.3 Å². The van der Waals surface area contributed by atoms with Crippen molar-refractivity contribution in [2.75, 3.05) is 23.3 Å². The van der Waals surface area contributed by atoms with Crippen molar-refractivity contribution in [3.05, 3.63) is 53.6 Å². The van der Waals surface area contributed by atoms with Crippen molar-refractivity contribution in [2.45, 2.75) is 51.8 Å². The van der Waals surface area contributed by atoms with Crippen LogP contribution in [0.5, 0.6) is 5.75 Å². The molecule has 0 saturated carbocycles. The van der Waals surface area contributed by atoms with Crippen LogP contribution in [0.3, 0.4) is 0 Å². The monoisotopic (exact) mass is 420 g/mol. The Labute approximate surface area is 175 Å². The van der Waals surface area contributed by atoms with E-state index in [1.54, 1.807) is 24.3 Å². The predicted molar refractivity (Wildman–Crippen MR) is 112 cm³/mol. The molecule has 30 heavy (non-hydrogen) atoms. The molecule has 2 aromatic rings. The van der Waals surface area contributed by atoms with Gasteiger partial charge >= 0.3 is 6.18 Å². The Morgan fingerprint density at radius 3 is 2.37 bits per heavy atom. The number of benzene rings is 2. The van der Waals surface area contributed by atoms with Crippen LogP contribution < -0.4 is 15.0 Å². The van der Waals surface area contributed by atoms with E-state index >= 15 is 0 Å². The van der Waals surface area contributed by atoms with Crippen LogP contribution >= 0.6 is 0 Å². The summed E-state index contributed by atoms with van der Waals surface area (Å²) in [5.74, 6) is 0.191. The fraction of sp³-hybridized carbons (Fsp3) is 0.435. The van der Waals surface area contributed by atoms with Gasteiger partial charge in [-0.25, -0.2) is 0 Å². The number of piperidine rings is 1. The van der Waals surface area contributed by atoms with E-state index in [0.717, 1.165) is 50.9 Å². The molecule has 162 valence electrons. The maximum Gasteiger partial charge on any atom is 0.416 e. The van der Waals surface area contributed by atoms with Crippen LogP contribution in [0.4, 0.5) is 24.5 Å². The summed E-state index contributed by atoms with van der Waals surface area (Å²) in [5.41, 5.74) is 0.369. The molecule has 0 bridgehead atoms. The summed E-state index contributed by atoms with van der Waals surface area (Å²) < 4.78 is 45.4. The number of halogens is 3. The lowest BCUT2D eigenvalue weighted by Crippen LogP contribution is -2.30. The lowest BCUT2D eigenvalue weighted by atomic mass is 10.1. The number of alkyl halides is 3. The van der Waals surface area contributed by atoms with Gasteiger partial charge in [0.15, 0.2) is 0 Å². The first kappa shape index (κ1) is 22.0. The van der Waals surface area contributed by atoms with Crippen molar-refractivity contribution in [1.29, 1.82) is 0 Å². The van der Waals surface area contributed by atoms with E-state index in [9.17, 15) is 18.0 Å². The Hall–Kier alpha value is -2.70. The highest BCUT2D eigenvalue weighted by atomic mass is 19.4. The van der Waals surface area contributed by atoms with Crippen LogP contribution in [-0.2, 0) is 6.18 Å². The number of ether oxygens (including phenoxy) is 1. The van der Waals surface area contributed by atoms with Crippen molar-refractivity contribution < 1.29 is 22.7 Å². The molecule has 0 spiro atoms. The molecule has 1 atom stereocenters. The molecule has 0 radical (unpaired) electrons. The maximum atomic E-state index is 13.2. The quantitative estimate of drug-likeness (QED) is 0.612. The van der Waals surface area contributed by atoms with Crippen LogP contribution in [0, 0.1) is 0 Å². The highest BCUT2D eigenvalue weighted by molar-refractivity contribution is 6.06. The van der Waals surface area contributed by atoms with Crippen LogP contribution in [-0.4, -0.2) is 25.1 Å². The molecular weight excluding hydrogens is 393 g/mol. The molecule has 1 aliphatic heterocycles. The summed E-state index contributed by atoms with van der Waals surface area (Å²) in [6, 6.07) is 10.1. The van der Waals surface area contributed by atoms with E-state index < -0.39 is 17.6 Å². The van der Waals surface area contributed by atoms with E-state index in [-0.39, 0.29) is 11.8 Å². The summed E-state index contributed by atoms with van der Waals surface area (Å²) in [7, 11) is 0. The minimum atomic E-state index is -4.48. The topological polar surface area (TPSA) is 41.6 Å². The fourth-order valence-electron chi connectivity index (χ4n) is 3.42. The highest BCUT2D eigenvalue weighted by Gasteiger charge is 2.32. The molecule has 4 nitrogen and oxygen atoms in total. The average molecular weight is 420 g/mol.